The first-order valence-electron chi connectivity index (χ1n) is 9.65. The lowest BCUT2D eigenvalue weighted by atomic mass is 10.0. The topological polar surface area (TPSA) is 35.2 Å². The van der Waals surface area contributed by atoms with E-state index in [1.54, 1.807) is 7.11 Å². The van der Waals surface area contributed by atoms with E-state index in [0.29, 0.717) is 12.7 Å². The van der Waals surface area contributed by atoms with Crippen molar-refractivity contribution in [1.29, 1.82) is 0 Å². The Morgan fingerprint density at radius 1 is 1.18 bits per heavy atom. The normalized spacial score (nSPS) is 17.2. The zero-order valence-electron chi connectivity index (χ0n) is 16.6. The van der Waals surface area contributed by atoms with Gasteiger partial charge in [0, 0.05) is 25.2 Å². The highest BCUT2D eigenvalue weighted by atomic mass is 32.1. The second kappa shape index (κ2) is 7.89. The standard InChI is InChI=1S/C22H26N4OS/c1-16-6-4-7-18(14-16)21-23-26(22(28)24(21)2)15-25-13-5-8-20(25)17-9-11-19(27-3)12-10-17/h4,6-7,9-12,14,20H,5,8,13,15H2,1-3H3. The van der Waals surface area contributed by atoms with Crippen LogP contribution in [-0.4, -0.2) is 32.9 Å². The van der Waals surface area contributed by atoms with Gasteiger partial charge in [0.15, 0.2) is 10.6 Å². The third kappa shape index (κ3) is 3.62. The molecule has 0 aliphatic carbocycles. The van der Waals surface area contributed by atoms with Crippen LogP contribution in [0.1, 0.15) is 30.0 Å². The van der Waals surface area contributed by atoms with Crippen molar-refractivity contribution >= 4 is 12.2 Å². The van der Waals surface area contributed by atoms with Crippen molar-refractivity contribution in [2.24, 2.45) is 7.05 Å². The molecule has 0 amide bonds. The molecule has 1 saturated heterocycles. The summed E-state index contributed by atoms with van der Waals surface area (Å²) in [5, 5.41) is 4.85. The van der Waals surface area contributed by atoms with Crippen LogP contribution in [0.2, 0.25) is 0 Å². The Balaban J connectivity index is 1.59. The van der Waals surface area contributed by atoms with E-state index < -0.39 is 0 Å². The van der Waals surface area contributed by atoms with Gasteiger partial charge in [0.05, 0.1) is 13.8 Å². The molecule has 0 saturated carbocycles. The van der Waals surface area contributed by atoms with Gasteiger partial charge >= 0.3 is 0 Å². The minimum Gasteiger partial charge on any atom is -0.497 e. The van der Waals surface area contributed by atoms with Gasteiger partial charge in [0.25, 0.3) is 0 Å². The van der Waals surface area contributed by atoms with Crippen molar-refractivity contribution in [3.05, 3.63) is 64.4 Å². The molecule has 0 spiro atoms. The molecule has 1 aliphatic rings. The van der Waals surface area contributed by atoms with Gasteiger partial charge in [-0.3, -0.25) is 4.90 Å². The second-order valence-corrected chi connectivity index (χ2v) is 7.78. The maximum atomic E-state index is 5.69. The summed E-state index contributed by atoms with van der Waals surface area (Å²) in [5.74, 6) is 1.80. The number of rotatable bonds is 5. The van der Waals surface area contributed by atoms with Crippen LogP contribution in [0.15, 0.2) is 48.5 Å². The molecule has 1 aliphatic heterocycles. The van der Waals surface area contributed by atoms with Gasteiger partial charge in [0.1, 0.15) is 5.75 Å². The van der Waals surface area contributed by atoms with E-state index in [1.165, 1.54) is 17.5 Å². The number of benzene rings is 2. The van der Waals surface area contributed by atoms with Gasteiger partial charge in [-0.25, -0.2) is 4.68 Å². The highest BCUT2D eigenvalue weighted by Gasteiger charge is 2.27. The Morgan fingerprint density at radius 3 is 2.68 bits per heavy atom. The van der Waals surface area contributed by atoms with Gasteiger partial charge in [0.2, 0.25) is 0 Å². The number of hydrogen-bond donors (Lipinski definition) is 0. The maximum Gasteiger partial charge on any atom is 0.199 e. The number of likely N-dealkylation sites (tertiary alicyclic amines) is 1. The zero-order valence-corrected chi connectivity index (χ0v) is 17.4. The van der Waals surface area contributed by atoms with Crippen molar-refractivity contribution in [3.63, 3.8) is 0 Å². The largest absolute Gasteiger partial charge is 0.497 e. The van der Waals surface area contributed by atoms with Crippen molar-refractivity contribution in [1.82, 2.24) is 19.2 Å². The van der Waals surface area contributed by atoms with E-state index in [2.05, 4.69) is 48.2 Å². The smallest absolute Gasteiger partial charge is 0.199 e. The Morgan fingerprint density at radius 2 is 1.96 bits per heavy atom. The number of aryl methyl sites for hydroxylation is 1. The van der Waals surface area contributed by atoms with Crippen molar-refractivity contribution < 1.29 is 4.74 Å². The quantitative estimate of drug-likeness (QED) is 0.586. The van der Waals surface area contributed by atoms with E-state index in [4.69, 9.17) is 22.1 Å². The third-order valence-electron chi connectivity index (χ3n) is 5.50. The lowest BCUT2D eigenvalue weighted by Crippen LogP contribution is -2.27. The summed E-state index contributed by atoms with van der Waals surface area (Å²) in [6, 6.07) is 17.2. The summed E-state index contributed by atoms with van der Waals surface area (Å²) in [6.45, 7) is 3.85. The molecule has 146 valence electrons. The van der Waals surface area contributed by atoms with Crippen molar-refractivity contribution in [3.8, 4) is 17.1 Å². The minimum atomic E-state index is 0.386. The average molecular weight is 395 g/mol. The molecular formula is C22H26N4OS. The van der Waals surface area contributed by atoms with Crippen LogP contribution < -0.4 is 4.74 Å². The highest BCUT2D eigenvalue weighted by Crippen LogP contribution is 2.33. The number of hydrogen-bond acceptors (Lipinski definition) is 4. The van der Waals surface area contributed by atoms with E-state index in [9.17, 15) is 0 Å². The molecule has 0 N–H and O–H groups in total. The summed E-state index contributed by atoms with van der Waals surface area (Å²) in [7, 11) is 3.69. The Bertz CT molecular complexity index is 1020. The molecule has 2 heterocycles. The minimum absolute atomic E-state index is 0.386. The van der Waals surface area contributed by atoms with Crippen LogP contribution in [0.3, 0.4) is 0 Å². The highest BCUT2D eigenvalue weighted by molar-refractivity contribution is 7.71. The first-order valence-corrected chi connectivity index (χ1v) is 10.1. The number of nitrogens with zero attached hydrogens (tertiary/aromatic N) is 4. The second-order valence-electron chi connectivity index (χ2n) is 7.42. The third-order valence-corrected chi connectivity index (χ3v) is 5.98. The summed E-state index contributed by atoms with van der Waals surface area (Å²) in [5.41, 5.74) is 3.64. The van der Waals surface area contributed by atoms with E-state index in [0.717, 1.165) is 34.9 Å². The van der Waals surface area contributed by atoms with E-state index in [-0.39, 0.29) is 0 Å². The predicted octanol–water partition coefficient (Wildman–Crippen LogP) is 4.73. The van der Waals surface area contributed by atoms with Gasteiger partial charge in [-0.2, -0.15) is 5.10 Å². The average Bonchev–Trinajstić information content (AvgIpc) is 3.28. The zero-order chi connectivity index (χ0) is 19.7. The number of ether oxygens (including phenoxy) is 1. The number of methoxy groups -OCH3 is 1. The van der Waals surface area contributed by atoms with E-state index in [1.807, 2.05) is 28.4 Å². The molecular weight excluding hydrogens is 368 g/mol. The molecule has 5 nitrogen and oxygen atoms in total. The molecule has 1 unspecified atom stereocenters. The van der Waals surface area contributed by atoms with Gasteiger partial charge < -0.3 is 9.30 Å². The van der Waals surface area contributed by atoms with Crippen LogP contribution in [0, 0.1) is 11.7 Å². The van der Waals surface area contributed by atoms with Crippen LogP contribution in [-0.2, 0) is 13.7 Å². The van der Waals surface area contributed by atoms with Gasteiger partial charge in [-0.15, -0.1) is 0 Å². The molecule has 1 atom stereocenters. The Kier molecular flexibility index (Phi) is 5.33. The maximum absolute atomic E-state index is 5.69. The van der Waals surface area contributed by atoms with Gasteiger partial charge in [-0.05, 0) is 55.7 Å². The number of aromatic nitrogens is 3. The summed E-state index contributed by atoms with van der Waals surface area (Å²) in [6.07, 6.45) is 2.33. The molecule has 28 heavy (non-hydrogen) atoms. The molecule has 4 rings (SSSR count). The molecule has 6 heteroatoms. The predicted molar refractivity (Wildman–Crippen MR) is 114 cm³/mol. The fourth-order valence-electron chi connectivity index (χ4n) is 3.99. The van der Waals surface area contributed by atoms with Gasteiger partial charge in [-0.1, -0.05) is 35.9 Å². The lowest BCUT2D eigenvalue weighted by molar-refractivity contribution is 0.190. The van der Waals surface area contributed by atoms with E-state index >= 15 is 0 Å². The molecule has 0 radical (unpaired) electrons. The molecule has 1 aromatic heterocycles. The van der Waals surface area contributed by atoms with Crippen LogP contribution in [0.4, 0.5) is 0 Å². The molecule has 0 bridgehead atoms. The van der Waals surface area contributed by atoms with Crippen molar-refractivity contribution in [2.75, 3.05) is 13.7 Å². The first-order chi connectivity index (χ1) is 13.6. The Labute approximate surface area is 171 Å². The molecule has 3 aromatic rings. The fourth-order valence-corrected chi connectivity index (χ4v) is 4.17. The van der Waals surface area contributed by atoms with Crippen LogP contribution >= 0.6 is 12.2 Å². The SMILES string of the molecule is COc1ccc(C2CCCN2Cn2nc(-c3cccc(C)c3)n(C)c2=S)cc1. The summed E-state index contributed by atoms with van der Waals surface area (Å²) >= 11 is 5.69. The van der Waals surface area contributed by atoms with Crippen LogP contribution in [0.25, 0.3) is 11.4 Å². The lowest BCUT2D eigenvalue weighted by Gasteiger charge is -2.24. The monoisotopic (exact) mass is 394 g/mol. The Hall–Kier alpha value is -2.44. The fraction of sp³-hybridized carbons (Fsp3) is 0.364. The molecule has 1 fully saturated rings. The summed E-state index contributed by atoms with van der Waals surface area (Å²) in [4.78, 5) is 2.46. The van der Waals surface area contributed by atoms with Crippen LogP contribution in [0.5, 0.6) is 5.75 Å². The first kappa shape index (κ1) is 18.9. The summed E-state index contributed by atoms with van der Waals surface area (Å²) < 4.78 is 10.00. The molecule has 2 aromatic carbocycles. The van der Waals surface area contributed by atoms with Crippen molar-refractivity contribution in [2.45, 2.75) is 32.5 Å².